The highest BCUT2D eigenvalue weighted by atomic mass is 32.2. The third-order valence-electron chi connectivity index (χ3n) is 4.04. The van der Waals surface area contributed by atoms with Crippen LogP contribution in [0.5, 0.6) is 11.5 Å². The van der Waals surface area contributed by atoms with Gasteiger partial charge in [-0.3, -0.25) is 4.79 Å². The molecule has 0 amide bonds. The highest BCUT2D eigenvalue weighted by molar-refractivity contribution is 7.93. The Labute approximate surface area is 158 Å². The Balaban J connectivity index is 2.20. The van der Waals surface area contributed by atoms with Crippen molar-refractivity contribution in [2.24, 2.45) is 4.36 Å². The Morgan fingerprint density at radius 3 is 2.61 bits per heavy atom. The van der Waals surface area contributed by atoms with Gasteiger partial charge in [0.25, 0.3) is 0 Å². The molecule has 0 N–H and O–H groups in total. The van der Waals surface area contributed by atoms with Gasteiger partial charge in [-0.15, -0.1) is 4.36 Å². The fourth-order valence-electron chi connectivity index (χ4n) is 2.87. The van der Waals surface area contributed by atoms with Crippen LogP contribution in [0.1, 0.15) is 21.5 Å². The minimum Gasteiger partial charge on any atom is -0.457 e. The third-order valence-corrected chi connectivity index (χ3v) is 5.63. The largest absolute Gasteiger partial charge is 0.457 e. The molecule has 6 nitrogen and oxygen atoms in total. The van der Waals surface area contributed by atoms with Crippen LogP contribution in [0.4, 0.5) is 13.2 Å². The van der Waals surface area contributed by atoms with E-state index in [-0.39, 0.29) is 27.5 Å². The van der Waals surface area contributed by atoms with Crippen LogP contribution >= 0.6 is 0 Å². The van der Waals surface area contributed by atoms with Gasteiger partial charge in [0, 0.05) is 29.9 Å². The fraction of sp³-hybridized carbons (Fsp3) is 0.167. The maximum absolute atomic E-state index is 14.1. The van der Waals surface area contributed by atoms with Gasteiger partial charge in [-0.2, -0.15) is 19.3 Å². The highest BCUT2D eigenvalue weighted by Crippen LogP contribution is 2.43. The molecule has 0 heterocycles. The smallest absolute Gasteiger partial charge is 0.313 e. The first-order valence-electron chi connectivity index (χ1n) is 7.66. The molecule has 28 heavy (non-hydrogen) atoms. The van der Waals surface area contributed by atoms with Crippen LogP contribution in [0.3, 0.4) is 0 Å². The lowest BCUT2D eigenvalue weighted by Gasteiger charge is -2.13. The van der Waals surface area contributed by atoms with Crippen molar-refractivity contribution in [2.45, 2.75) is 17.2 Å². The zero-order valence-electron chi connectivity index (χ0n) is 14.2. The lowest BCUT2D eigenvalue weighted by atomic mass is 10.1. The average molecular weight is 405 g/mol. The topological polar surface area (TPSA) is 103 Å². The van der Waals surface area contributed by atoms with Crippen LogP contribution in [-0.4, -0.2) is 22.2 Å². The van der Waals surface area contributed by atoms with Gasteiger partial charge >= 0.3 is 5.92 Å². The molecule has 3 rings (SSSR count). The molecule has 10 heteroatoms. The van der Waals surface area contributed by atoms with Crippen molar-refractivity contribution in [2.75, 3.05) is 6.26 Å². The summed E-state index contributed by atoms with van der Waals surface area (Å²) >= 11 is 0. The van der Waals surface area contributed by atoms with Gasteiger partial charge in [-0.05, 0) is 24.3 Å². The van der Waals surface area contributed by atoms with Gasteiger partial charge in [0.15, 0.2) is 0 Å². The Morgan fingerprint density at radius 2 is 1.96 bits per heavy atom. The number of hydrogen-bond donors (Lipinski definition) is 0. The van der Waals surface area contributed by atoms with Crippen LogP contribution in [0.25, 0.3) is 0 Å². The van der Waals surface area contributed by atoms with Crippen LogP contribution in [-0.2, 0) is 16.1 Å². The molecule has 0 radical (unpaired) electrons. The summed E-state index contributed by atoms with van der Waals surface area (Å²) < 4.78 is 63.1. The Hall–Kier alpha value is -3.37. The van der Waals surface area contributed by atoms with Crippen molar-refractivity contribution in [1.29, 1.82) is 10.5 Å². The van der Waals surface area contributed by atoms with Crippen LogP contribution in [0.2, 0.25) is 0 Å². The number of halogens is 3. The number of nitriles is 2. The van der Waals surface area contributed by atoms with Crippen LogP contribution < -0.4 is 4.74 Å². The maximum atomic E-state index is 14.1. The van der Waals surface area contributed by atoms with E-state index in [1.807, 2.05) is 0 Å². The number of benzene rings is 2. The molecule has 0 saturated heterocycles. The number of fused-ring (bicyclic) bond motifs is 1. The lowest BCUT2D eigenvalue weighted by molar-refractivity contribution is 0.0165. The summed E-state index contributed by atoms with van der Waals surface area (Å²) in [6, 6.07) is 7.15. The molecular weight excluding hydrogens is 395 g/mol. The number of Topliss-reactive ketones (excluding diaryl/α,β-unsaturated/α-hetero) is 1. The van der Waals surface area contributed by atoms with Gasteiger partial charge in [0.05, 0.1) is 26.3 Å². The normalized spacial score (nSPS) is 16.4. The van der Waals surface area contributed by atoms with E-state index in [2.05, 4.69) is 4.36 Å². The molecule has 2 aromatic rings. The molecule has 1 aliphatic carbocycles. The van der Waals surface area contributed by atoms with Gasteiger partial charge in [-0.1, -0.05) is 0 Å². The molecule has 1 unspecified atom stereocenters. The van der Waals surface area contributed by atoms with Crippen molar-refractivity contribution in [3.63, 3.8) is 0 Å². The zero-order chi connectivity index (χ0) is 20.7. The summed E-state index contributed by atoms with van der Waals surface area (Å²) in [5, 5.41) is 17.6. The molecule has 1 atom stereocenters. The number of nitrogens with zero attached hydrogens (tertiary/aromatic N) is 3. The van der Waals surface area contributed by atoms with Crippen molar-refractivity contribution in [3.05, 3.63) is 52.8 Å². The predicted molar refractivity (Wildman–Crippen MR) is 91.0 cm³/mol. The van der Waals surface area contributed by atoms with E-state index < -0.39 is 39.2 Å². The Bertz CT molecular complexity index is 1220. The highest BCUT2D eigenvalue weighted by Gasteiger charge is 2.50. The summed E-state index contributed by atoms with van der Waals surface area (Å²) in [7, 11) is -3.42. The van der Waals surface area contributed by atoms with E-state index in [0.29, 0.717) is 0 Å². The van der Waals surface area contributed by atoms with Crippen LogP contribution in [0.15, 0.2) is 39.6 Å². The Kier molecular flexibility index (Phi) is 4.61. The number of alkyl halides is 2. The monoisotopic (exact) mass is 405 g/mol. The number of rotatable bonds is 3. The molecule has 142 valence electrons. The summed E-state index contributed by atoms with van der Waals surface area (Å²) in [6.07, 6.45) is 1.40. The van der Waals surface area contributed by atoms with Gasteiger partial charge in [0.1, 0.15) is 17.3 Å². The van der Waals surface area contributed by atoms with E-state index in [1.165, 1.54) is 18.3 Å². The second-order valence-corrected chi connectivity index (χ2v) is 8.24. The Morgan fingerprint density at radius 1 is 1.25 bits per heavy atom. The van der Waals surface area contributed by atoms with Crippen molar-refractivity contribution in [3.8, 4) is 23.8 Å². The molecule has 0 fully saturated rings. The minimum absolute atomic E-state index is 0.0472. The zero-order valence-corrected chi connectivity index (χ0v) is 15.0. The van der Waals surface area contributed by atoms with Crippen molar-refractivity contribution < 1.29 is 26.9 Å². The average Bonchev–Trinajstić information content (AvgIpc) is 2.85. The van der Waals surface area contributed by atoms with E-state index in [4.69, 9.17) is 15.3 Å². The summed E-state index contributed by atoms with van der Waals surface area (Å²) in [6.45, 7) is 0. The molecule has 0 saturated carbocycles. The maximum Gasteiger partial charge on any atom is 0.313 e. The first-order valence-corrected chi connectivity index (χ1v) is 9.58. The fourth-order valence-corrected chi connectivity index (χ4v) is 4.04. The lowest BCUT2D eigenvalue weighted by Crippen LogP contribution is -2.24. The molecule has 0 aromatic heterocycles. The van der Waals surface area contributed by atoms with E-state index >= 15 is 0 Å². The van der Waals surface area contributed by atoms with Gasteiger partial charge in [0.2, 0.25) is 12.0 Å². The summed E-state index contributed by atoms with van der Waals surface area (Å²) in [5.74, 6) is -6.38. The van der Waals surface area contributed by atoms with Gasteiger partial charge < -0.3 is 4.74 Å². The number of hydrogen-bond acceptors (Lipinski definition) is 6. The standard InChI is InChI=1S/C18H10F3N3O3S/c1-28(26,24-9-23)15-3-2-14(13-7-18(20,21)17(25)16(13)15)27-12-5-10(8-22)4-11(19)6-12/h2-6H,7H2,1H3. The number of ketones is 1. The number of ether oxygens (including phenoxy) is 1. The first-order chi connectivity index (χ1) is 13.1. The molecule has 0 spiro atoms. The van der Waals surface area contributed by atoms with E-state index in [0.717, 1.165) is 24.5 Å². The number of carbonyl (C=O) groups is 1. The van der Waals surface area contributed by atoms with E-state index in [1.54, 1.807) is 6.07 Å². The summed E-state index contributed by atoms with van der Waals surface area (Å²) in [4.78, 5) is 11.9. The first kappa shape index (κ1) is 19.4. The molecule has 2 aromatic carbocycles. The molecule has 0 aliphatic heterocycles. The third kappa shape index (κ3) is 3.30. The molecule has 0 bridgehead atoms. The quantitative estimate of drug-likeness (QED) is 0.723. The van der Waals surface area contributed by atoms with Crippen molar-refractivity contribution in [1.82, 2.24) is 0 Å². The van der Waals surface area contributed by atoms with Gasteiger partial charge in [-0.25, -0.2) is 8.60 Å². The number of carbonyl (C=O) groups excluding carboxylic acids is 1. The minimum atomic E-state index is -3.75. The molecular formula is C18H10F3N3O3S. The second kappa shape index (κ2) is 6.66. The predicted octanol–water partition coefficient (Wildman–Crippen LogP) is 3.80. The van der Waals surface area contributed by atoms with Crippen molar-refractivity contribution >= 4 is 15.5 Å². The van der Waals surface area contributed by atoms with Crippen LogP contribution in [0, 0.1) is 28.6 Å². The molecule has 1 aliphatic rings. The van der Waals surface area contributed by atoms with E-state index in [9.17, 15) is 22.2 Å². The second-order valence-electron chi connectivity index (χ2n) is 6.01. The SMILES string of the molecule is CS(=O)(=NC#N)c1ccc(Oc2cc(F)cc(C#N)c2)c2c1C(=O)C(F)(F)C2. The summed E-state index contributed by atoms with van der Waals surface area (Å²) in [5.41, 5.74) is -0.794.